The van der Waals surface area contributed by atoms with Gasteiger partial charge in [-0.3, -0.25) is 14.3 Å². The smallest absolute Gasteiger partial charge is 0.230 e. The maximum Gasteiger partial charge on any atom is 0.230 e. The molecule has 6 nitrogen and oxygen atoms in total. The maximum absolute atomic E-state index is 12.5. The first-order valence-electron chi connectivity index (χ1n) is 10.2. The van der Waals surface area contributed by atoms with Crippen LogP contribution in [-0.2, 0) is 9.53 Å². The zero-order valence-corrected chi connectivity index (χ0v) is 18.7. The van der Waals surface area contributed by atoms with E-state index < -0.39 is 0 Å². The Hall–Kier alpha value is -1.83. The summed E-state index contributed by atoms with van der Waals surface area (Å²) < 4.78 is 7.50. The van der Waals surface area contributed by atoms with E-state index in [1.807, 2.05) is 12.3 Å². The summed E-state index contributed by atoms with van der Waals surface area (Å²) in [6.07, 6.45) is 3.75. The molecule has 1 fully saturated rings. The van der Waals surface area contributed by atoms with Crippen LogP contribution in [0, 0.1) is 0 Å². The molecule has 1 aliphatic heterocycles. The third-order valence-corrected chi connectivity index (χ3v) is 6.31. The van der Waals surface area contributed by atoms with Crippen LogP contribution in [0.2, 0.25) is 0 Å². The highest BCUT2D eigenvalue weighted by atomic mass is 32.2. The van der Waals surface area contributed by atoms with Crippen LogP contribution in [0.3, 0.4) is 0 Å². The average molecular weight is 417 g/mol. The number of imidazole rings is 1. The molecule has 0 bridgehead atoms. The van der Waals surface area contributed by atoms with Crippen molar-refractivity contribution in [2.45, 2.75) is 44.3 Å². The van der Waals surface area contributed by atoms with Gasteiger partial charge in [0.2, 0.25) is 5.91 Å². The highest BCUT2D eigenvalue weighted by Crippen LogP contribution is 2.27. The highest BCUT2D eigenvalue weighted by molar-refractivity contribution is 7.99. The molecule has 2 heterocycles. The summed E-state index contributed by atoms with van der Waals surface area (Å²) in [5, 5.41) is 3.93. The van der Waals surface area contributed by atoms with Crippen LogP contribution in [0.1, 0.15) is 39.2 Å². The van der Waals surface area contributed by atoms with E-state index in [-0.39, 0.29) is 11.4 Å². The van der Waals surface area contributed by atoms with E-state index in [1.165, 1.54) is 17.3 Å². The fourth-order valence-electron chi connectivity index (χ4n) is 3.55. The second-order valence-corrected chi connectivity index (χ2v) is 9.21. The Morgan fingerprint density at radius 2 is 2.00 bits per heavy atom. The highest BCUT2D eigenvalue weighted by Gasteiger charge is 2.28. The van der Waals surface area contributed by atoms with Gasteiger partial charge < -0.3 is 10.1 Å². The molecule has 3 rings (SSSR count). The van der Waals surface area contributed by atoms with Gasteiger partial charge in [0.25, 0.3) is 0 Å². The van der Waals surface area contributed by atoms with Crippen molar-refractivity contribution in [3.63, 3.8) is 0 Å². The molecule has 0 aliphatic carbocycles. The molecule has 0 radical (unpaired) electrons. The van der Waals surface area contributed by atoms with E-state index in [1.54, 1.807) is 6.20 Å². The van der Waals surface area contributed by atoms with Gasteiger partial charge in [-0.15, -0.1) is 0 Å². The Labute approximate surface area is 178 Å². The number of morpholine rings is 1. The van der Waals surface area contributed by atoms with Gasteiger partial charge in [0.1, 0.15) is 0 Å². The number of carbonyl (C=O) groups excluding carboxylic acids is 1. The Morgan fingerprint density at radius 1 is 1.28 bits per heavy atom. The number of rotatable bonds is 8. The predicted molar refractivity (Wildman–Crippen MR) is 118 cm³/mol. The predicted octanol–water partition coefficient (Wildman–Crippen LogP) is 3.31. The van der Waals surface area contributed by atoms with Gasteiger partial charge in [-0.1, -0.05) is 43.8 Å². The first-order valence-corrected chi connectivity index (χ1v) is 11.2. The van der Waals surface area contributed by atoms with Crippen molar-refractivity contribution < 1.29 is 9.53 Å². The molecule has 0 spiro atoms. The first kappa shape index (κ1) is 21.9. The molecule has 1 aliphatic rings. The van der Waals surface area contributed by atoms with Crippen molar-refractivity contribution in [1.29, 1.82) is 0 Å². The average Bonchev–Trinajstić information content (AvgIpc) is 3.20. The maximum atomic E-state index is 12.5. The molecule has 1 saturated heterocycles. The molecule has 29 heavy (non-hydrogen) atoms. The third kappa shape index (κ3) is 5.62. The normalized spacial score (nSPS) is 15.6. The summed E-state index contributed by atoms with van der Waals surface area (Å²) in [6.45, 7) is 12.7. The molecule has 0 saturated carbocycles. The molecule has 1 N–H and O–H groups in total. The van der Waals surface area contributed by atoms with Crippen LogP contribution in [0.5, 0.6) is 0 Å². The number of ether oxygens (including phenoxy) is 1. The van der Waals surface area contributed by atoms with Gasteiger partial charge in [0, 0.05) is 37.6 Å². The summed E-state index contributed by atoms with van der Waals surface area (Å²) in [5.74, 6) is 0.792. The minimum absolute atomic E-state index is 0.0306. The summed E-state index contributed by atoms with van der Waals surface area (Å²) in [4.78, 5) is 19.3. The zero-order chi connectivity index (χ0) is 20.9. The molecule has 7 heteroatoms. The molecule has 158 valence electrons. The zero-order valence-electron chi connectivity index (χ0n) is 17.9. The van der Waals surface area contributed by atoms with Crippen LogP contribution >= 0.6 is 11.8 Å². The molecule has 1 amide bonds. The summed E-state index contributed by atoms with van der Waals surface area (Å²) in [5.41, 5.74) is 2.30. The quantitative estimate of drug-likeness (QED) is 0.669. The van der Waals surface area contributed by atoms with Crippen LogP contribution in [-0.4, -0.2) is 64.5 Å². The van der Waals surface area contributed by atoms with Gasteiger partial charge in [-0.2, -0.15) is 0 Å². The number of thioether (sulfide) groups is 1. The van der Waals surface area contributed by atoms with E-state index in [4.69, 9.17) is 4.74 Å². The summed E-state index contributed by atoms with van der Waals surface area (Å²) in [6, 6.07) is 8.35. The van der Waals surface area contributed by atoms with Crippen LogP contribution in [0.4, 0.5) is 0 Å². The topological polar surface area (TPSA) is 59.4 Å². The van der Waals surface area contributed by atoms with Crippen molar-refractivity contribution >= 4 is 17.7 Å². The fourth-order valence-corrected chi connectivity index (χ4v) is 4.35. The summed E-state index contributed by atoms with van der Waals surface area (Å²) in [7, 11) is 0. The largest absolute Gasteiger partial charge is 0.379 e. The van der Waals surface area contributed by atoms with Crippen LogP contribution in [0.25, 0.3) is 5.69 Å². The number of hydrogen-bond donors (Lipinski definition) is 1. The molecular formula is C22H32N4O2S. The molecule has 1 aromatic heterocycles. The van der Waals surface area contributed by atoms with E-state index in [9.17, 15) is 4.79 Å². The van der Waals surface area contributed by atoms with E-state index >= 15 is 0 Å². The number of amides is 1. The molecule has 0 unspecified atom stereocenters. The Kier molecular flexibility index (Phi) is 7.38. The number of aromatic nitrogens is 2. The minimum Gasteiger partial charge on any atom is -0.379 e. The molecule has 1 aromatic carbocycles. The number of hydrogen-bond acceptors (Lipinski definition) is 5. The van der Waals surface area contributed by atoms with Crippen molar-refractivity contribution in [2.24, 2.45) is 0 Å². The summed E-state index contributed by atoms with van der Waals surface area (Å²) >= 11 is 1.47. The second-order valence-electron chi connectivity index (χ2n) is 8.27. The molecule has 2 aromatic rings. The number of para-hydroxylation sites is 1. The van der Waals surface area contributed by atoms with Gasteiger partial charge in [-0.05, 0) is 31.4 Å². The lowest BCUT2D eigenvalue weighted by atomic mass is 10.0. The second kappa shape index (κ2) is 9.78. The van der Waals surface area contributed by atoms with Crippen molar-refractivity contribution in [2.75, 3.05) is 38.6 Å². The van der Waals surface area contributed by atoms with Crippen molar-refractivity contribution in [1.82, 2.24) is 19.8 Å². The van der Waals surface area contributed by atoms with E-state index in [0.717, 1.165) is 37.1 Å². The molecule has 0 atom stereocenters. The number of carbonyl (C=O) groups is 1. The van der Waals surface area contributed by atoms with E-state index in [2.05, 4.69) is 65.7 Å². The van der Waals surface area contributed by atoms with Crippen LogP contribution < -0.4 is 5.32 Å². The minimum atomic E-state index is -0.0845. The van der Waals surface area contributed by atoms with Crippen LogP contribution in [0.15, 0.2) is 41.8 Å². The standard InChI is InChI=1S/C22H32N4O2S/c1-17(2)18-7-5-6-8-19(18)26-10-9-23-21(26)29-15-20(27)24-16-22(3,4)25-11-13-28-14-12-25/h5-10,17H,11-16H2,1-4H3,(H,24,27). The van der Waals surface area contributed by atoms with Gasteiger partial charge in [-0.25, -0.2) is 4.98 Å². The van der Waals surface area contributed by atoms with Gasteiger partial charge in [0.15, 0.2) is 5.16 Å². The van der Waals surface area contributed by atoms with Gasteiger partial charge >= 0.3 is 0 Å². The molecular weight excluding hydrogens is 384 g/mol. The lowest BCUT2D eigenvalue weighted by Gasteiger charge is -2.40. The lowest BCUT2D eigenvalue weighted by molar-refractivity contribution is -0.119. The Balaban J connectivity index is 1.57. The first-order chi connectivity index (χ1) is 13.9. The Morgan fingerprint density at radius 3 is 2.72 bits per heavy atom. The van der Waals surface area contributed by atoms with Crippen molar-refractivity contribution in [3.05, 3.63) is 42.2 Å². The van der Waals surface area contributed by atoms with Crippen molar-refractivity contribution in [3.8, 4) is 5.69 Å². The third-order valence-electron chi connectivity index (χ3n) is 5.34. The lowest BCUT2D eigenvalue weighted by Crippen LogP contribution is -2.55. The van der Waals surface area contributed by atoms with Gasteiger partial charge in [0.05, 0.1) is 24.7 Å². The number of benzene rings is 1. The SMILES string of the molecule is CC(C)c1ccccc1-n1ccnc1SCC(=O)NCC(C)(C)N1CCOCC1. The monoisotopic (exact) mass is 416 g/mol. The van der Waals surface area contributed by atoms with E-state index in [0.29, 0.717) is 18.2 Å². The Bertz CT molecular complexity index is 813. The number of nitrogens with one attached hydrogen (secondary N) is 1. The fraction of sp³-hybridized carbons (Fsp3) is 0.545. The number of nitrogens with zero attached hydrogens (tertiary/aromatic N) is 3.